The fraction of sp³-hybridized carbons (Fsp3) is 0.667. The summed E-state index contributed by atoms with van der Waals surface area (Å²) in [7, 11) is 0. The lowest BCUT2D eigenvalue weighted by molar-refractivity contribution is 0.420. The second-order valence-electron chi connectivity index (χ2n) is 3.57. The van der Waals surface area contributed by atoms with Crippen molar-refractivity contribution in [2.45, 2.75) is 32.2 Å². The maximum atomic E-state index is 5.92. The minimum absolute atomic E-state index is 0.0544. The Morgan fingerprint density at radius 1 is 1.75 bits per heavy atom. The molecule has 1 aromatic heterocycles. The zero-order valence-electron chi connectivity index (χ0n) is 7.29. The van der Waals surface area contributed by atoms with Crippen molar-refractivity contribution in [2.24, 2.45) is 11.7 Å². The van der Waals surface area contributed by atoms with Crippen LogP contribution in [-0.2, 0) is 0 Å². The Hall–Kier alpha value is -0.830. The molecule has 12 heavy (non-hydrogen) atoms. The Kier molecular flexibility index (Phi) is 1.89. The predicted molar refractivity (Wildman–Crippen MR) is 45.5 cm³/mol. The third-order valence-corrected chi connectivity index (χ3v) is 2.29. The fourth-order valence-electron chi connectivity index (χ4n) is 1.38. The zero-order valence-corrected chi connectivity index (χ0v) is 7.29. The van der Waals surface area contributed by atoms with Gasteiger partial charge in [0.15, 0.2) is 5.89 Å². The smallest absolute Gasteiger partial charge is 0.191 e. The molecule has 0 spiro atoms. The van der Waals surface area contributed by atoms with Crippen molar-refractivity contribution in [3.63, 3.8) is 0 Å². The quantitative estimate of drug-likeness (QED) is 0.744. The van der Waals surface area contributed by atoms with Crippen LogP contribution in [0.15, 0.2) is 10.6 Å². The molecule has 3 nitrogen and oxygen atoms in total. The Morgan fingerprint density at radius 2 is 2.50 bits per heavy atom. The normalized spacial score (nSPS) is 19.5. The van der Waals surface area contributed by atoms with Crippen LogP contribution in [0.4, 0.5) is 0 Å². The standard InChI is InChI=1S/C9H14N2O/c1-6-11-5-9(12-6)8(10)4-7-2-3-7/h5,7-8H,2-4,10H2,1H3. The highest BCUT2D eigenvalue weighted by atomic mass is 16.4. The molecule has 2 N–H and O–H groups in total. The van der Waals surface area contributed by atoms with Crippen LogP contribution in [-0.4, -0.2) is 4.98 Å². The van der Waals surface area contributed by atoms with Crippen molar-refractivity contribution in [3.8, 4) is 0 Å². The average Bonchev–Trinajstić information content (AvgIpc) is 2.72. The molecule has 1 unspecified atom stereocenters. The van der Waals surface area contributed by atoms with Gasteiger partial charge in [-0.15, -0.1) is 0 Å². The van der Waals surface area contributed by atoms with Gasteiger partial charge in [-0.25, -0.2) is 4.98 Å². The molecule has 0 aromatic carbocycles. The van der Waals surface area contributed by atoms with E-state index >= 15 is 0 Å². The molecule has 66 valence electrons. The van der Waals surface area contributed by atoms with Gasteiger partial charge in [-0.1, -0.05) is 12.8 Å². The van der Waals surface area contributed by atoms with E-state index in [1.165, 1.54) is 12.8 Å². The molecule has 1 atom stereocenters. The summed E-state index contributed by atoms with van der Waals surface area (Å²) >= 11 is 0. The highest BCUT2D eigenvalue weighted by Crippen LogP contribution is 2.36. The molecule has 1 aromatic rings. The van der Waals surface area contributed by atoms with Crippen LogP contribution in [0.5, 0.6) is 0 Å². The minimum atomic E-state index is 0.0544. The third-order valence-electron chi connectivity index (χ3n) is 2.29. The Morgan fingerprint density at radius 3 is 3.00 bits per heavy atom. The molecule has 1 aliphatic carbocycles. The molecule has 1 saturated carbocycles. The molecule has 1 heterocycles. The summed E-state index contributed by atoms with van der Waals surface area (Å²) in [6.45, 7) is 1.84. The first-order valence-electron chi connectivity index (χ1n) is 4.43. The molecule has 0 radical (unpaired) electrons. The second-order valence-corrected chi connectivity index (χ2v) is 3.57. The lowest BCUT2D eigenvalue weighted by atomic mass is 10.1. The molecule has 2 rings (SSSR count). The number of hydrogen-bond donors (Lipinski definition) is 1. The summed E-state index contributed by atoms with van der Waals surface area (Å²) in [6, 6.07) is 0.0544. The van der Waals surface area contributed by atoms with Crippen molar-refractivity contribution < 1.29 is 4.42 Å². The largest absolute Gasteiger partial charge is 0.444 e. The van der Waals surface area contributed by atoms with E-state index in [-0.39, 0.29) is 6.04 Å². The summed E-state index contributed by atoms with van der Waals surface area (Å²) in [5.74, 6) is 2.38. The van der Waals surface area contributed by atoms with E-state index in [0.29, 0.717) is 5.89 Å². The van der Waals surface area contributed by atoms with Gasteiger partial charge < -0.3 is 10.2 Å². The number of aromatic nitrogens is 1. The summed E-state index contributed by atoms with van der Waals surface area (Å²) in [5, 5.41) is 0. The summed E-state index contributed by atoms with van der Waals surface area (Å²) in [6.07, 6.45) is 5.46. The number of oxazole rings is 1. The average molecular weight is 166 g/mol. The highest BCUT2D eigenvalue weighted by molar-refractivity contribution is 5.00. The Balaban J connectivity index is 1.97. The van der Waals surface area contributed by atoms with E-state index in [1.54, 1.807) is 6.20 Å². The minimum Gasteiger partial charge on any atom is -0.444 e. The van der Waals surface area contributed by atoms with E-state index in [4.69, 9.17) is 10.2 Å². The van der Waals surface area contributed by atoms with Gasteiger partial charge in [0.05, 0.1) is 12.2 Å². The molecule has 0 aliphatic heterocycles. The second kappa shape index (κ2) is 2.90. The molecule has 0 saturated heterocycles. The number of aryl methyl sites for hydroxylation is 1. The van der Waals surface area contributed by atoms with E-state index in [2.05, 4.69) is 4.98 Å². The Labute approximate surface area is 72.0 Å². The SMILES string of the molecule is Cc1ncc(C(N)CC2CC2)o1. The van der Waals surface area contributed by atoms with Gasteiger partial charge in [0.1, 0.15) is 5.76 Å². The van der Waals surface area contributed by atoms with Crippen molar-refractivity contribution in [1.82, 2.24) is 4.98 Å². The van der Waals surface area contributed by atoms with Gasteiger partial charge in [0.25, 0.3) is 0 Å². The van der Waals surface area contributed by atoms with Crippen molar-refractivity contribution >= 4 is 0 Å². The molecule has 0 amide bonds. The van der Waals surface area contributed by atoms with Gasteiger partial charge >= 0.3 is 0 Å². The zero-order chi connectivity index (χ0) is 8.55. The van der Waals surface area contributed by atoms with Gasteiger partial charge in [-0.05, 0) is 12.3 Å². The number of rotatable bonds is 3. The first kappa shape index (κ1) is 7.80. The Bertz CT molecular complexity index is 265. The highest BCUT2D eigenvalue weighted by Gasteiger charge is 2.25. The maximum Gasteiger partial charge on any atom is 0.191 e. The first-order valence-corrected chi connectivity index (χ1v) is 4.43. The van der Waals surface area contributed by atoms with Crippen LogP contribution in [0.2, 0.25) is 0 Å². The fourth-order valence-corrected chi connectivity index (χ4v) is 1.38. The molecule has 1 aliphatic rings. The molecule has 0 bridgehead atoms. The van der Waals surface area contributed by atoms with Crippen LogP contribution >= 0.6 is 0 Å². The summed E-state index contributed by atoms with van der Waals surface area (Å²) < 4.78 is 5.34. The summed E-state index contributed by atoms with van der Waals surface area (Å²) in [4.78, 5) is 4.02. The third kappa shape index (κ3) is 1.67. The first-order chi connectivity index (χ1) is 5.75. The van der Waals surface area contributed by atoms with E-state index in [1.807, 2.05) is 6.92 Å². The molecular weight excluding hydrogens is 152 g/mol. The van der Waals surface area contributed by atoms with Gasteiger partial charge in [-0.2, -0.15) is 0 Å². The molecule has 3 heteroatoms. The monoisotopic (exact) mass is 166 g/mol. The van der Waals surface area contributed by atoms with E-state index in [9.17, 15) is 0 Å². The van der Waals surface area contributed by atoms with Gasteiger partial charge in [0.2, 0.25) is 0 Å². The van der Waals surface area contributed by atoms with Crippen LogP contribution in [0.1, 0.15) is 37.0 Å². The predicted octanol–water partition coefficient (Wildman–Crippen LogP) is 1.78. The number of hydrogen-bond acceptors (Lipinski definition) is 3. The van der Waals surface area contributed by atoms with E-state index < -0.39 is 0 Å². The van der Waals surface area contributed by atoms with Crippen molar-refractivity contribution in [2.75, 3.05) is 0 Å². The van der Waals surface area contributed by atoms with Crippen molar-refractivity contribution in [3.05, 3.63) is 17.8 Å². The van der Waals surface area contributed by atoms with Crippen LogP contribution in [0.25, 0.3) is 0 Å². The van der Waals surface area contributed by atoms with Crippen LogP contribution in [0.3, 0.4) is 0 Å². The van der Waals surface area contributed by atoms with Crippen LogP contribution in [0, 0.1) is 12.8 Å². The van der Waals surface area contributed by atoms with Gasteiger partial charge in [0, 0.05) is 6.92 Å². The van der Waals surface area contributed by atoms with Gasteiger partial charge in [-0.3, -0.25) is 0 Å². The van der Waals surface area contributed by atoms with Crippen LogP contribution < -0.4 is 5.73 Å². The molecule has 1 fully saturated rings. The lowest BCUT2D eigenvalue weighted by Gasteiger charge is -2.05. The number of nitrogens with two attached hydrogens (primary N) is 1. The number of nitrogens with zero attached hydrogens (tertiary/aromatic N) is 1. The maximum absolute atomic E-state index is 5.92. The molecular formula is C9H14N2O. The topological polar surface area (TPSA) is 52.0 Å². The lowest BCUT2D eigenvalue weighted by Crippen LogP contribution is -2.09. The summed E-state index contributed by atoms with van der Waals surface area (Å²) in [5.41, 5.74) is 5.92. The van der Waals surface area contributed by atoms with Crippen molar-refractivity contribution in [1.29, 1.82) is 0 Å². The van der Waals surface area contributed by atoms with E-state index in [0.717, 1.165) is 18.1 Å².